The minimum absolute atomic E-state index is 0.508. The van der Waals surface area contributed by atoms with E-state index in [0.29, 0.717) is 10.9 Å². The van der Waals surface area contributed by atoms with E-state index in [1.807, 2.05) is 50.3 Å². The van der Waals surface area contributed by atoms with E-state index < -0.39 is 11.7 Å². The van der Waals surface area contributed by atoms with E-state index >= 15 is 0 Å². The van der Waals surface area contributed by atoms with Crippen LogP contribution in [0.1, 0.15) is 36.2 Å². The molecule has 0 fully saturated rings. The van der Waals surface area contributed by atoms with Gasteiger partial charge in [0.1, 0.15) is 0 Å². The Hall–Kier alpha value is -3.34. The van der Waals surface area contributed by atoms with Gasteiger partial charge in [0, 0.05) is 17.6 Å². The molecule has 0 saturated carbocycles. The number of pyridine rings is 1. The number of rotatable bonds is 6. The number of allylic oxidation sites excluding steroid dienone is 5. The first kappa shape index (κ1) is 22.3. The summed E-state index contributed by atoms with van der Waals surface area (Å²) in [6.07, 6.45) is 1.35. The van der Waals surface area contributed by atoms with Gasteiger partial charge in [-0.15, -0.1) is 0 Å². The number of nitrogens with one attached hydrogen (secondary N) is 1. The number of halogens is 3. The molecule has 5 heteroatoms. The first-order chi connectivity index (χ1) is 14.7. The summed E-state index contributed by atoms with van der Waals surface area (Å²) >= 11 is 0. The molecule has 0 aliphatic rings. The molecule has 0 amide bonds. The van der Waals surface area contributed by atoms with E-state index in [2.05, 4.69) is 22.9 Å². The molecule has 160 valence electrons. The van der Waals surface area contributed by atoms with Crippen molar-refractivity contribution in [3.05, 3.63) is 95.7 Å². The SMILES string of the molecule is C=C/C(=C\C=C(/C)c1cc(C)c2cc(C(F)(F)F)ccc2n1)c1cccc(NCC)c1. The fourth-order valence-corrected chi connectivity index (χ4v) is 3.37. The van der Waals surface area contributed by atoms with Crippen molar-refractivity contribution in [1.29, 1.82) is 0 Å². The molecule has 2 nitrogen and oxygen atoms in total. The maximum atomic E-state index is 13.0. The van der Waals surface area contributed by atoms with Gasteiger partial charge in [0.15, 0.2) is 0 Å². The number of aromatic nitrogens is 1. The Morgan fingerprint density at radius 3 is 2.55 bits per heavy atom. The van der Waals surface area contributed by atoms with Crippen LogP contribution in [0.25, 0.3) is 22.0 Å². The Morgan fingerprint density at radius 2 is 1.87 bits per heavy atom. The zero-order valence-corrected chi connectivity index (χ0v) is 17.8. The standard InChI is InChI=1S/C26H25F3N2/c1-5-19(20-8-7-9-22(15-20)30-6-2)11-10-17(3)25-14-18(4)23-16-21(26(27,28)29)12-13-24(23)31-25/h5,7-16,30H,1,6H2,2-4H3/b17-10+,19-11+. The van der Waals surface area contributed by atoms with Crippen LogP contribution in [0.2, 0.25) is 0 Å². The number of nitrogens with zero attached hydrogens (tertiary/aromatic N) is 1. The summed E-state index contributed by atoms with van der Waals surface area (Å²) in [5.74, 6) is 0. The Kier molecular flexibility index (Phi) is 6.64. The van der Waals surface area contributed by atoms with Gasteiger partial charge in [-0.1, -0.05) is 36.9 Å². The molecule has 3 aromatic rings. The zero-order chi connectivity index (χ0) is 22.6. The monoisotopic (exact) mass is 422 g/mol. The average molecular weight is 422 g/mol. The molecule has 0 aliphatic carbocycles. The third-order valence-electron chi connectivity index (χ3n) is 5.06. The van der Waals surface area contributed by atoms with Gasteiger partial charge in [0.05, 0.1) is 16.8 Å². The molecule has 3 rings (SSSR count). The van der Waals surface area contributed by atoms with Crippen LogP contribution in [-0.2, 0) is 6.18 Å². The number of hydrogen-bond acceptors (Lipinski definition) is 2. The Bertz CT molecular complexity index is 1170. The molecular weight excluding hydrogens is 397 g/mol. The molecule has 1 N–H and O–H groups in total. The molecule has 2 aromatic carbocycles. The topological polar surface area (TPSA) is 24.9 Å². The van der Waals surface area contributed by atoms with Gasteiger partial charge < -0.3 is 5.32 Å². The highest BCUT2D eigenvalue weighted by Gasteiger charge is 2.30. The number of alkyl halides is 3. The van der Waals surface area contributed by atoms with E-state index in [4.69, 9.17) is 0 Å². The average Bonchev–Trinajstić information content (AvgIpc) is 2.73. The summed E-state index contributed by atoms with van der Waals surface area (Å²) < 4.78 is 39.1. The van der Waals surface area contributed by atoms with Crippen LogP contribution in [0.5, 0.6) is 0 Å². The van der Waals surface area contributed by atoms with Crippen molar-refractivity contribution in [2.75, 3.05) is 11.9 Å². The highest BCUT2D eigenvalue weighted by atomic mass is 19.4. The van der Waals surface area contributed by atoms with E-state index in [0.717, 1.165) is 52.3 Å². The van der Waals surface area contributed by atoms with E-state index in [1.54, 1.807) is 13.0 Å². The molecule has 0 spiro atoms. The van der Waals surface area contributed by atoms with Crippen molar-refractivity contribution in [1.82, 2.24) is 4.98 Å². The van der Waals surface area contributed by atoms with Gasteiger partial charge in [-0.05, 0) is 79.4 Å². The van der Waals surface area contributed by atoms with Crippen molar-refractivity contribution in [2.45, 2.75) is 26.9 Å². The fraction of sp³-hybridized carbons (Fsp3) is 0.192. The predicted octanol–water partition coefficient (Wildman–Crippen LogP) is 7.67. The summed E-state index contributed by atoms with van der Waals surface area (Å²) in [7, 11) is 0. The van der Waals surface area contributed by atoms with Gasteiger partial charge in [0.2, 0.25) is 0 Å². The van der Waals surface area contributed by atoms with Crippen molar-refractivity contribution < 1.29 is 13.2 Å². The predicted molar refractivity (Wildman–Crippen MR) is 124 cm³/mol. The third-order valence-corrected chi connectivity index (χ3v) is 5.06. The molecule has 0 bridgehead atoms. The second-order valence-corrected chi connectivity index (χ2v) is 7.34. The molecule has 31 heavy (non-hydrogen) atoms. The summed E-state index contributed by atoms with van der Waals surface area (Å²) in [5.41, 5.74) is 5.32. The van der Waals surface area contributed by atoms with Crippen LogP contribution in [0.3, 0.4) is 0 Å². The highest BCUT2D eigenvalue weighted by Crippen LogP contribution is 2.32. The van der Waals surface area contributed by atoms with Gasteiger partial charge in [-0.3, -0.25) is 0 Å². The third kappa shape index (κ3) is 5.23. The molecular formula is C26H25F3N2. The minimum atomic E-state index is -4.37. The number of anilines is 1. The first-order valence-electron chi connectivity index (χ1n) is 10.1. The van der Waals surface area contributed by atoms with Crippen molar-refractivity contribution in [3.63, 3.8) is 0 Å². The molecule has 0 unspecified atom stereocenters. The molecule has 0 radical (unpaired) electrons. The van der Waals surface area contributed by atoms with E-state index in [9.17, 15) is 13.2 Å². The summed E-state index contributed by atoms with van der Waals surface area (Å²) in [5, 5.41) is 3.80. The summed E-state index contributed by atoms with van der Waals surface area (Å²) in [6.45, 7) is 10.5. The van der Waals surface area contributed by atoms with Crippen LogP contribution in [0, 0.1) is 6.92 Å². The highest BCUT2D eigenvalue weighted by molar-refractivity contribution is 5.85. The first-order valence-corrected chi connectivity index (χ1v) is 10.1. The largest absolute Gasteiger partial charge is 0.416 e. The summed E-state index contributed by atoms with van der Waals surface area (Å²) in [4.78, 5) is 4.57. The Labute approximate surface area is 180 Å². The smallest absolute Gasteiger partial charge is 0.385 e. The van der Waals surface area contributed by atoms with Gasteiger partial charge >= 0.3 is 6.18 Å². The van der Waals surface area contributed by atoms with E-state index in [-0.39, 0.29) is 0 Å². The second kappa shape index (κ2) is 9.21. The number of aryl methyl sites for hydroxylation is 1. The van der Waals surface area contributed by atoms with Gasteiger partial charge in [0.25, 0.3) is 0 Å². The molecule has 1 aromatic heterocycles. The lowest BCUT2D eigenvalue weighted by atomic mass is 10.0. The van der Waals surface area contributed by atoms with Crippen LogP contribution in [0.15, 0.2) is 73.3 Å². The molecule has 1 heterocycles. The zero-order valence-electron chi connectivity index (χ0n) is 17.8. The van der Waals surface area contributed by atoms with Gasteiger partial charge in [-0.2, -0.15) is 13.2 Å². The number of benzene rings is 2. The lowest BCUT2D eigenvalue weighted by Gasteiger charge is -2.11. The fourth-order valence-electron chi connectivity index (χ4n) is 3.37. The maximum absolute atomic E-state index is 13.0. The Morgan fingerprint density at radius 1 is 1.10 bits per heavy atom. The van der Waals surface area contributed by atoms with Gasteiger partial charge in [-0.25, -0.2) is 4.98 Å². The quantitative estimate of drug-likeness (QED) is 0.412. The lowest BCUT2D eigenvalue weighted by Crippen LogP contribution is -2.05. The number of hydrogen-bond donors (Lipinski definition) is 1. The molecule has 0 saturated heterocycles. The van der Waals surface area contributed by atoms with Crippen molar-refractivity contribution in [2.24, 2.45) is 0 Å². The van der Waals surface area contributed by atoms with Crippen LogP contribution >= 0.6 is 0 Å². The van der Waals surface area contributed by atoms with Crippen LogP contribution in [0.4, 0.5) is 18.9 Å². The molecule has 0 atom stereocenters. The van der Waals surface area contributed by atoms with E-state index in [1.165, 1.54) is 6.07 Å². The second-order valence-electron chi connectivity index (χ2n) is 7.34. The van der Waals surface area contributed by atoms with Crippen molar-refractivity contribution >= 4 is 27.7 Å². The van der Waals surface area contributed by atoms with Crippen molar-refractivity contribution in [3.8, 4) is 0 Å². The summed E-state index contributed by atoms with van der Waals surface area (Å²) in [6, 6.07) is 13.6. The van der Waals surface area contributed by atoms with Crippen LogP contribution in [-0.4, -0.2) is 11.5 Å². The maximum Gasteiger partial charge on any atom is 0.416 e. The lowest BCUT2D eigenvalue weighted by molar-refractivity contribution is -0.137. The normalized spacial score (nSPS) is 12.8. The number of fused-ring (bicyclic) bond motifs is 1. The molecule has 0 aliphatic heterocycles. The minimum Gasteiger partial charge on any atom is -0.385 e. The Balaban J connectivity index is 1.96. The van der Waals surface area contributed by atoms with Crippen LogP contribution < -0.4 is 5.32 Å².